The Morgan fingerprint density at radius 1 is 1.00 bits per heavy atom. The summed E-state index contributed by atoms with van der Waals surface area (Å²) in [4.78, 5) is 12.3. The molecule has 0 aliphatic heterocycles. The fraction of sp³-hybridized carbons (Fsp3) is 0.316. The van der Waals surface area contributed by atoms with E-state index in [0.29, 0.717) is 11.1 Å². The van der Waals surface area contributed by atoms with Crippen molar-refractivity contribution in [2.75, 3.05) is 0 Å². The van der Waals surface area contributed by atoms with Gasteiger partial charge in [0.25, 0.3) is 0 Å². The highest BCUT2D eigenvalue weighted by Gasteiger charge is 2.22. The molecule has 2 aromatic carbocycles. The van der Waals surface area contributed by atoms with Crippen LogP contribution >= 0.6 is 0 Å². The van der Waals surface area contributed by atoms with E-state index in [1.54, 1.807) is 24.3 Å². The van der Waals surface area contributed by atoms with Crippen LogP contribution in [0.3, 0.4) is 0 Å². The maximum Gasteiger partial charge on any atom is 0.221 e. The monoisotopic (exact) mass is 317 g/mol. The Hall–Kier alpha value is -2.23. The van der Waals surface area contributed by atoms with Gasteiger partial charge in [-0.3, -0.25) is 4.79 Å². The Morgan fingerprint density at radius 3 is 1.87 bits per heavy atom. The molecular formula is C19H21F2NO. The molecule has 0 aliphatic rings. The van der Waals surface area contributed by atoms with Crippen molar-refractivity contribution in [3.8, 4) is 0 Å². The minimum atomic E-state index is -0.399. The number of carbonyl (C=O) groups excluding carboxylic acids is 1. The number of hydrogen-bond donors (Lipinski definition) is 1. The summed E-state index contributed by atoms with van der Waals surface area (Å²) in [5.74, 6) is -1.31. The van der Waals surface area contributed by atoms with Crippen molar-refractivity contribution in [2.24, 2.45) is 0 Å². The van der Waals surface area contributed by atoms with Gasteiger partial charge < -0.3 is 5.32 Å². The van der Waals surface area contributed by atoms with Crippen molar-refractivity contribution in [1.29, 1.82) is 0 Å². The quantitative estimate of drug-likeness (QED) is 0.889. The molecule has 0 radical (unpaired) electrons. The van der Waals surface area contributed by atoms with Crippen molar-refractivity contribution in [3.63, 3.8) is 0 Å². The van der Waals surface area contributed by atoms with Crippen molar-refractivity contribution in [3.05, 3.63) is 71.3 Å². The molecule has 0 spiro atoms. The molecule has 122 valence electrons. The Bertz CT molecular complexity index is 646. The molecule has 0 atom stereocenters. The lowest BCUT2D eigenvalue weighted by Crippen LogP contribution is -2.41. The van der Waals surface area contributed by atoms with Gasteiger partial charge in [0.2, 0.25) is 5.91 Å². The summed E-state index contributed by atoms with van der Waals surface area (Å²) in [6, 6.07) is 12.2. The van der Waals surface area contributed by atoms with E-state index in [0.717, 1.165) is 0 Å². The molecule has 0 fully saturated rings. The van der Waals surface area contributed by atoms with Crippen LogP contribution in [0, 0.1) is 11.6 Å². The molecule has 0 unspecified atom stereocenters. The predicted molar refractivity (Wildman–Crippen MR) is 87.2 cm³/mol. The summed E-state index contributed by atoms with van der Waals surface area (Å²) in [5.41, 5.74) is 0.949. The van der Waals surface area contributed by atoms with E-state index in [1.165, 1.54) is 24.3 Å². The second kappa shape index (κ2) is 6.90. The molecule has 1 amide bonds. The minimum Gasteiger partial charge on any atom is -0.351 e. The van der Waals surface area contributed by atoms with Gasteiger partial charge >= 0.3 is 0 Å². The van der Waals surface area contributed by atoms with Crippen LogP contribution in [0.4, 0.5) is 8.78 Å². The highest BCUT2D eigenvalue weighted by Crippen LogP contribution is 2.29. The highest BCUT2D eigenvalue weighted by molar-refractivity contribution is 5.78. The van der Waals surface area contributed by atoms with Gasteiger partial charge in [-0.1, -0.05) is 24.3 Å². The fourth-order valence-electron chi connectivity index (χ4n) is 2.53. The first kappa shape index (κ1) is 17.1. The standard InChI is InChI=1S/C19H21F2NO/c1-19(2,3)22-18(23)12-17(13-6-4-8-15(20)10-13)14-7-5-9-16(21)11-14/h4-11,17H,12H2,1-3H3,(H,22,23). The highest BCUT2D eigenvalue weighted by atomic mass is 19.1. The van der Waals surface area contributed by atoms with E-state index in [9.17, 15) is 13.6 Å². The molecular weight excluding hydrogens is 296 g/mol. The van der Waals surface area contributed by atoms with Crippen LogP contribution < -0.4 is 5.32 Å². The molecule has 2 rings (SSSR count). The molecule has 23 heavy (non-hydrogen) atoms. The van der Waals surface area contributed by atoms with Crippen LogP contribution in [0.25, 0.3) is 0 Å². The van der Waals surface area contributed by atoms with Gasteiger partial charge in [0.1, 0.15) is 11.6 Å². The van der Waals surface area contributed by atoms with Crippen molar-refractivity contribution >= 4 is 5.91 Å². The molecule has 2 nitrogen and oxygen atoms in total. The molecule has 2 aromatic rings. The third kappa shape index (κ3) is 5.16. The average Bonchev–Trinajstić information content (AvgIpc) is 2.43. The van der Waals surface area contributed by atoms with E-state index in [-0.39, 0.29) is 29.5 Å². The molecule has 0 aliphatic carbocycles. The van der Waals surface area contributed by atoms with Gasteiger partial charge in [0, 0.05) is 17.9 Å². The third-order valence-electron chi connectivity index (χ3n) is 3.41. The molecule has 0 saturated heterocycles. The lowest BCUT2D eigenvalue weighted by molar-refractivity contribution is -0.122. The second-order valence-electron chi connectivity index (χ2n) is 6.66. The Labute approximate surface area is 135 Å². The molecule has 1 N–H and O–H groups in total. The lowest BCUT2D eigenvalue weighted by atomic mass is 9.88. The predicted octanol–water partition coefficient (Wildman–Crippen LogP) is 4.40. The van der Waals surface area contributed by atoms with Gasteiger partial charge in [-0.05, 0) is 56.2 Å². The minimum absolute atomic E-state index is 0.129. The van der Waals surface area contributed by atoms with Gasteiger partial charge in [-0.25, -0.2) is 8.78 Å². The number of benzene rings is 2. The first-order valence-electron chi connectivity index (χ1n) is 7.56. The first-order valence-corrected chi connectivity index (χ1v) is 7.56. The number of amides is 1. The van der Waals surface area contributed by atoms with E-state index >= 15 is 0 Å². The largest absolute Gasteiger partial charge is 0.351 e. The number of hydrogen-bond acceptors (Lipinski definition) is 1. The third-order valence-corrected chi connectivity index (χ3v) is 3.41. The molecule has 0 heterocycles. The van der Waals surface area contributed by atoms with Crippen LogP contribution in [0.15, 0.2) is 48.5 Å². The number of halogens is 2. The maximum absolute atomic E-state index is 13.6. The summed E-state index contributed by atoms with van der Waals surface area (Å²) in [5, 5.41) is 2.89. The molecule has 0 bridgehead atoms. The van der Waals surface area contributed by atoms with E-state index < -0.39 is 5.92 Å². The second-order valence-corrected chi connectivity index (χ2v) is 6.66. The van der Waals surface area contributed by atoms with E-state index in [4.69, 9.17) is 0 Å². The van der Waals surface area contributed by atoms with Gasteiger partial charge in [0.05, 0.1) is 0 Å². The Balaban J connectivity index is 2.34. The summed E-state index contributed by atoms with van der Waals surface area (Å²) in [6.45, 7) is 5.68. The van der Waals surface area contributed by atoms with Crippen molar-refractivity contribution in [1.82, 2.24) is 5.32 Å². The van der Waals surface area contributed by atoms with Crippen LogP contribution in [0.5, 0.6) is 0 Å². The lowest BCUT2D eigenvalue weighted by Gasteiger charge is -2.23. The topological polar surface area (TPSA) is 29.1 Å². The van der Waals surface area contributed by atoms with Gasteiger partial charge in [0.15, 0.2) is 0 Å². The summed E-state index contributed by atoms with van der Waals surface area (Å²) in [6.07, 6.45) is 0.129. The fourth-order valence-corrected chi connectivity index (χ4v) is 2.53. The van der Waals surface area contributed by atoms with E-state index in [1.807, 2.05) is 20.8 Å². The number of nitrogens with one attached hydrogen (secondary N) is 1. The van der Waals surface area contributed by atoms with Crippen LogP contribution in [-0.4, -0.2) is 11.4 Å². The average molecular weight is 317 g/mol. The zero-order chi connectivity index (χ0) is 17.0. The van der Waals surface area contributed by atoms with E-state index in [2.05, 4.69) is 5.32 Å². The molecule has 4 heteroatoms. The maximum atomic E-state index is 13.6. The van der Waals surface area contributed by atoms with Crippen LogP contribution in [0.1, 0.15) is 44.2 Å². The van der Waals surface area contributed by atoms with Crippen molar-refractivity contribution in [2.45, 2.75) is 38.6 Å². The molecule has 0 saturated carbocycles. The zero-order valence-electron chi connectivity index (χ0n) is 13.6. The number of carbonyl (C=O) groups is 1. The summed E-state index contributed by atoms with van der Waals surface area (Å²) < 4.78 is 27.1. The summed E-state index contributed by atoms with van der Waals surface area (Å²) >= 11 is 0. The summed E-state index contributed by atoms with van der Waals surface area (Å²) in [7, 11) is 0. The van der Waals surface area contributed by atoms with Crippen LogP contribution in [-0.2, 0) is 4.79 Å². The van der Waals surface area contributed by atoms with Gasteiger partial charge in [-0.15, -0.1) is 0 Å². The van der Waals surface area contributed by atoms with Crippen LogP contribution in [0.2, 0.25) is 0 Å². The smallest absolute Gasteiger partial charge is 0.221 e. The normalized spacial score (nSPS) is 11.6. The van der Waals surface area contributed by atoms with Crippen molar-refractivity contribution < 1.29 is 13.6 Å². The SMILES string of the molecule is CC(C)(C)NC(=O)CC(c1cccc(F)c1)c1cccc(F)c1. The Morgan fingerprint density at radius 2 is 1.48 bits per heavy atom. The molecule has 0 aromatic heterocycles. The zero-order valence-corrected chi connectivity index (χ0v) is 13.6. The first-order chi connectivity index (χ1) is 10.7. The van der Waals surface area contributed by atoms with Gasteiger partial charge in [-0.2, -0.15) is 0 Å². The number of rotatable bonds is 4. The Kier molecular flexibility index (Phi) is 5.14.